The predicted molar refractivity (Wildman–Crippen MR) is 75.6 cm³/mol. The van der Waals surface area contributed by atoms with Crippen LogP contribution in [0.5, 0.6) is 0 Å². The highest BCUT2D eigenvalue weighted by Crippen LogP contribution is 2.26. The minimum Gasteiger partial charge on any atom is -0.386 e. The number of benzene rings is 1. The molecule has 0 unspecified atom stereocenters. The van der Waals surface area contributed by atoms with E-state index < -0.39 is 10.5 Å². The zero-order valence-corrected chi connectivity index (χ0v) is 11.9. The number of rotatable bonds is 5. The van der Waals surface area contributed by atoms with Crippen LogP contribution in [0.15, 0.2) is 29.2 Å². The lowest BCUT2D eigenvalue weighted by molar-refractivity contribution is -0.384. The van der Waals surface area contributed by atoms with Gasteiger partial charge in [0, 0.05) is 17.0 Å². The SMILES string of the molecule is CCC1(O)CN(C(=O)CSc2ccc([N+](=O)[O-])cc2)C1. The number of β-amino-alcohol motifs (C(OH)–C–C–N with tert-alkyl or cyclic N) is 1. The summed E-state index contributed by atoms with van der Waals surface area (Å²) in [6.45, 7) is 2.68. The Balaban J connectivity index is 1.81. The van der Waals surface area contributed by atoms with Gasteiger partial charge >= 0.3 is 0 Å². The number of nitro benzene ring substituents is 1. The van der Waals surface area contributed by atoms with E-state index in [9.17, 15) is 20.0 Å². The van der Waals surface area contributed by atoms with Gasteiger partial charge in [-0.25, -0.2) is 0 Å². The van der Waals surface area contributed by atoms with Crippen molar-refractivity contribution in [3.05, 3.63) is 34.4 Å². The van der Waals surface area contributed by atoms with Crippen LogP contribution < -0.4 is 0 Å². The molecule has 0 saturated carbocycles. The van der Waals surface area contributed by atoms with Gasteiger partial charge < -0.3 is 10.0 Å². The number of aliphatic hydroxyl groups is 1. The van der Waals surface area contributed by atoms with Crippen molar-refractivity contribution in [1.29, 1.82) is 0 Å². The third-order valence-corrected chi connectivity index (χ3v) is 4.39. The maximum Gasteiger partial charge on any atom is 0.269 e. The second-order valence-electron chi connectivity index (χ2n) is 4.87. The third-order valence-electron chi connectivity index (χ3n) is 3.39. The van der Waals surface area contributed by atoms with E-state index in [1.807, 2.05) is 6.92 Å². The summed E-state index contributed by atoms with van der Waals surface area (Å²) in [6.07, 6.45) is 0.645. The van der Waals surface area contributed by atoms with E-state index in [2.05, 4.69) is 0 Å². The van der Waals surface area contributed by atoms with Gasteiger partial charge in [0.1, 0.15) is 0 Å². The summed E-state index contributed by atoms with van der Waals surface area (Å²) in [5, 5.41) is 20.4. The van der Waals surface area contributed by atoms with Gasteiger partial charge in [-0.05, 0) is 18.6 Å². The molecule has 0 bridgehead atoms. The maximum absolute atomic E-state index is 11.9. The van der Waals surface area contributed by atoms with Crippen molar-refractivity contribution in [2.24, 2.45) is 0 Å². The average molecular weight is 296 g/mol. The fourth-order valence-corrected chi connectivity index (χ4v) is 2.77. The van der Waals surface area contributed by atoms with E-state index >= 15 is 0 Å². The molecule has 6 nitrogen and oxygen atoms in total. The molecule has 1 N–H and O–H groups in total. The first kappa shape index (κ1) is 14.8. The molecule has 7 heteroatoms. The number of carbonyl (C=O) groups excluding carboxylic acids is 1. The summed E-state index contributed by atoms with van der Waals surface area (Å²) in [5.74, 6) is 0.254. The molecule has 0 aliphatic carbocycles. The van der Waals surface area contributed by atoms with Crippen LogP contribution in [0, 0.1) is 10.1 Å². The summed E-state index contributed by atoms with van der Waals surface area (Å²) in [7, 11) is 0. The highest BCUT2D eigenvalue weighted by atomic mass is 32.2. The van der Waals surface area contributed by atoms with Gasteiger partial charge in [-0.1, -0.05) is 6.92 Å². The van der Waals surface area contributed by atoms with Crippen LogP contribution >= 0.6 is 11.8 Å². The van der Waals surface area contributed by atoms with E-state index in [1.165, 1.54) is 23.9 Å². The first-order valence-corrected chi connectivity index (χ1v) is 7.29. The predicted octanol–water partition coefficient (Wildman–Crippen LogP) is 1.67. The Morgan fingerprint density at radius 3 is 2.55 bits per heavy atom. The van der Waals surface area contributed by atoms with Gasteiger partial charge in [-0.15, -0.1) is 11.8 Å². The van der Waals surface area contributed by atoms with E-state index in [0.29, 0.717) is 19.5 Å². The molecule has 1 aromatic rings. The molecule has 1 heterocycles. The fraction of sp³-hybridized carbons (Fsp3) is 0.462. The van der Waals surface area contributed by atoms with E-state index in [-0.39, 0.29) is 17.3 Å². The molecule has 2 rings (SSSR count). The maximum atomic E-state index is 11.9. The summed E-state index contributed by atoms with van der Waals surface area (Å²) in [5.41, 5.74) is -0.676. The molecule has 1 saturated heterocycles. The Morgan fingerprint density at radius 1 is 1.45 bits per heavy atom. The van der Waals surface area contributed by atoms with E-state index in [1.54, 1.807) is 17.0 Å². The lowest BCUT2D eigenvalue weighted by atomic mass is 9.91. The van der Waals surface area contributed by atoms with Crippen molar-refractivity contribution < 1.29 is 14.8 Å². The quantitative estimate of drug-likeness (QED) is 0.507. The van der Waals surface area contributed by atoms with Gasteiger partial charge in [0.15, 0.2) is 0 Å². The summed E-state index contributed by atoms with van der Waals surface area (Å²) >= 11 is 1.34. The first-order valence-electron chi connectivity index (χ1n) is 6.31. The Bertz CT molecular complexity index is 512. The van der Waals surface area contributed by atoms with Crippen LogP contribution in [-0.2, 0) is 4.79 Å². The van der Waals surface area contributed by atoms with Gasteiger partial charge in [0.05, 0.1) is 29.4 Å². The van der Waals surface area contributed by atoms with Crippen LogP contribution in [0.1, 0.15) is 13.3 Å². The van der Waals surface area contributed by atoms with Crippen LogP contribution in [0.4, 0.5) is 5.69 Å². The number of nitro groups is 1. The number of thioether (sulfide) groups is 1. The highest BCUT2D eigenvalue weighted by Gasteiger charge is 2.41. The van der Waals surface area contributed by atoms with Crippen molar-refractivity contribution in [2.75, 3.05) is 18.8 Å². The molecule has 0 radical (unpaired) electrons. The standard InChI is InChI=1S/C13H16N2O4S/c1-2-13(17)8-14(9-13)12(16)7-20-11-5-3-10(4-6-11)15(18)19/h3-6,17H,2,7-9H2,1H3. The molecule has 0 atom stereocenters. The van der Waals surface area contributed by atoms with Crippen LogP contribution in [0.3, 0.4) is 0 Å². The zero-order valence-electron chi connectivity index (χ0n) is 11.1. The fourth-order valence-electron chi connectivity index (χ4n) is 1.96. The molecule has 1 aromatic carbocycles. The Hall–Kier alpha value is -1.60. The van der Waals surface area contributed by atoms with Crippen LogP contribution in [0.2, 0.25) is 0 Å². The minimum atomic E-state index is -0.715. The number of nitrogens with zero attached hydrogens (tertiary/aromatic N) is 2. The number of likely N-dealkylation sites (tertiary alicyclic amines) is 1. The first-order chi connectivity index (χ1) is 9.43. The molecule has 1 aliphatic heterocycles. The van der Waals surface area contributed by atoms with Gasteiger partial charge in [-0.2, -0.15) is 0 Å². The Morgan fingerprint density at radius 2 is 2.05 bits per heavy atom. The summed E-state index contributed by atoms with van der Waals surface area (Å²) < 4.78 is 0. The number of hydrogen-bond acceptors (Lipinski definition) is 5. The van der Waals surface area contributed by atoms with Crippen molar-refractivity contribution in [2.45, 2.75) is 23.8 Å². The molecular formula is C13H16N2O4S. The van der Waals surface area contributed by atoms with Crippen molar-refractivity contribution in [3.63, 3.8) is 0 Å². The molecule has 108 valence electrons. The van der Waals surface area contributed by atoms with Crippen molar-refractivity contribution >= 4 is 23.4 Å². The lowest BCUT2D eigenvalue weighted by Gasteiger charge is -2.46. The lowest BCUT2D eigenvalue weighted by Crippen LogP contribution is -2.63. The summed E-state index contributed by atoms with van der Waals surface area (Å²) in [6, 6.07) is 6.11. The van der Waals surface area contributed by atoms with Gasteiger partial charge in [0.2, 0.25) is 5.91 Å². The topological polar surface area (TPSA) is 83.7 Å². The molecule has 0 aromatic heterocycles. The molecule has 1 aliphatic rings. The Labute approximate surface area is 120 Å². The molecular weight excluding hydrogens is 280 g/mol. The number of amides is 1. The largest absolute Gasteiger partial charge is 0.386 e. The number of non-ortho nitro benzene ring substituents is 1. The second-order valence-corrected chi connectivity index (χ2v) is 5.92. The number of carbonyl (C=O) groups is 1. The summed E-state index contributed by atoms with van der Waals surface area (Å²) in [4.78, 5) is 24.4. The van der Waals surface area contributed by atoms with Gasteiger partial charge in [-0.3, -0.25) is 14.9 Å². The van der Waals surface area contributed by atoms with Gasteiger partial charge in [0.25, 0.3) is 5.69 Å². The molecule has 0 spiro atoms. The third kappa shape index (κ3) is 3.29. The van der Waals surface area contributed by atoms with E-state index in [0.717, 1.165) is 4.90 Å². The smallest absolute Gasteiger partial charge is 0.269 e. The number of hydrogen-bond donors (Lipinski definition) is 1. The highest BCUT2D eigenvalue weighted by molar-refractivity contribution is 8.00. The second kappa shape index (κ2) is 5.80. The minimum absolute atomic E-state index is 0.0218. The Kier molecular flexibility index (Phi) is 4.29. The molecule has 1 amide bonds. The zero-order chi connectivity index (χ0) is 14.8. The van der Waals surface area contributed by atoms with Crippen LogP contribution in [-0.4, -0.2) is 45.3 Å². The average Bonchev–Trinajstić information content (AvgIpc) is 2.41. The van der Waals surface area contributed by atoms with Crippen LogP contribution in [0.25, 0.3) is 0 Å². The normalized spacial score (nSPS) is 16.6. The van der Waals surface area contributed by atoms with E-state index in [4.69, 9.17) is 0 Å². The monoisotopic (exact) mass is 296 g/mol. The van der Waals surface area contributed by atoms with Crippen molar-refractivity contribution in [1.82, 2.24) is 4.90 Å². The molecule has 20 heavy (non-hydrogen) atoms. The molecule has 1 fully saturated rings. The van der Waals surface area contributed by atoms with Crippen molar-refractivity contribution in [3.8, 4) is 0 Å².